The highest BCUT2D eigenvalue weighted by Crippen LogP contribution is 2.29. The van der Waals surface area contributed by atoms with Gasteiger partial charge in [-0.25, -0.2) is 0 Å². The summed E-state index contributed by atoms with van der Waals surface area (Å²) in [5, 5.41) is 1.96. The molecular formula is C21H17F3N2O3. The van der Waals surface area contributed by atoms with Crippen LogP contribution in [0.5, 0.6) is 5.75 Å². The number of benzene rings is 3. The smallest absolute Gasteiger partial charge is 0.416 e. The van der Waals surface area contributed by atoms with E-state index in [1.165, 1.54) is 13.0 Å². The quantitative estimate of drug-likeness (QED) is 0.646. The van der Waals surface area contributed by atoms with E-state index >= 15 is 0 Å². The number of hydrogen-bond donors (Lipinski definition) is 2. The fraction of sp³-hybridized carbons (Fsp3) is 0.143. The molecule has 0 bridgehead atoms. The zero-order valence-corrected chi connectivity index (χ0v) is 15.3. The second-order valence-corrected chi connectivity index (χ2v) is 6.29. The van der Waals surface area contributed by atoms with Gasteiger partial charge in [0.2, 0.25) is 0 Å². The second kappa shape index (κ2) is 8.22. The Kier molecular flexibility index (Phi) is 5.72. The number of ether oxygens (including phenoxy) is 1. The van der Waals surface area contributed by atoms with Crippen molar-refractivity contribution in [1.82, 2.24) is 10.9 Å². The van der Waals surface area contributed by atoms with Gasteiger partial charge in [0.05, 0.1) is 5.56 Å². The minimum Gasteiger partial charge on any atom is -0.481 e. The van der Waals surface area contributed by atoms with Crippen molar-refractivity contribution >= 4 is 22.6 Å². The number of fused-ring (bicyclic) bond motifs is 1. The van der Waals surface area contributed by atoms with E-state index in [4.69, 9.17) is 4.74 Å². The number of carbonyl (C=O) groups excluding carboxylic acids is 2. The van der Waals surface area contributed by atoms with Gasteiger partial charge < -0.3 is 4.74 Å². The van der Waals surface area contributed by atoms with E-state index in [-0.39, 0.29) is 5.56 Å². The van der Waals surface area contributed by atoms with Crippen molar-refractivity contribution in [2.45, 2.75) is 19.2 Å². The van der Waals surface area contributed by atoms with E-state index in [0.29, 0.717) is 11.8 Å². The molecule has 2 amide bonds. The maximum Gasteiger partial charge on any atom is 0.416 e. The third kappa shape index (κ3) is 5.04. The molecule has 8 heteroatoms. The van der Waals surface area contributed by atoms with Crippen LogP contribution in [0.3, 0.4) is 0 Å². The molecule has 5 nitrogen and oxygen atoms in total. The summed E-state index contributed by atoms with van der Waals surface area (Å²) in [7, 11) is 0. The molecule has 1 atom stereocenters. The van der Waals surface area contributed by atoms with Crippen LogP contribution in [0.25, 0.3) is 10.8 Å². The Morgan fingerprint density at radius 3 is 2.34 bits per heavy atom. The van der Waals surface area contributed by atoms with E-state index < -0.39 is 29.7 Å². The van der Waals surface area contributed by atoms with E-state index in [1.807, 2.05) is 30.3 Å². The topological polar surface area (TPSA) is 67.4 Å². The fourth-order valence-corrected chi connectivity index (χ4v) is 2.63. The number of halogens is 3. The van der Waals surface area contributed by atoms with Gasteiger partial charge in [-0.2, -0.15) is 13.2 Å². The van der Waals surface area contributed by atoms with Gasteiger partial charge in [-0.1, -0.05) is 36.4 Å². The monoisotopic (exact) mass is 402 g/mol. The summed E-state index contributed by atoms with van der Waals surface area (Å²) in [5.41, 5.74) is 3.05. The number of amides is 2. The average Bonchev–Trinajstić information content (AvgIpc) is 2.71. The van der Waals surface area contributed by atoms with Crippen molar-refractivity contribution < 1.29 is 27.5 Å². The lowest BCUT2D eigenvalue weighted by atomic mass is 10.1. The fourth-order valence-electron chi connectivity index (χ4n) is 2.63. The molecule has 3 aromatic rings. The van der Waals surface area contributed by atoms with Gasteiger partial charge in [0.15, 0.2) is 6.10 Å². The molecule has 0 saturated heterocycles. The molecule has 0 aliphatic heterocycles. The molecule has 0 fully saturated rings. The molecule has 0 aliphatic carbocycles. The van der Waals surface area contributed by atoms with Gasteiger partial charge >= 0.3 is 6.18 Å². The van der Waals surface area contributed by atoms with E-state index in [0.717, 1.165) is 22.9 Å². The van der Waals surface area contributed by atoms with Crippen LogP contribution in [0.1, 0.15) is 22.8 Å². The first kappa shape index (κ1) is 20.2. The molecule has 0 aliphatic rings. The van der Waals surface area contributed by atoms with E-state index in [9.17, 15) is 22.8 Å². The van der Waals surface area contributed by atoms with Gasteiger partial charge in [0, 0.05) is 5.56 Å². The first-order valence-electron chi connectivity index (χ1n) is 8.67. The van der Waals surface area contributed by atoms with Crippen LogP contribution in [0.2, 0.25) is 0 Å². The standard InChI is InChI=1S/C21H17F3N2O3/c1-13(29-18-10-9-14-5-2-3-6-15(14)12-18)19(27)25-26-20(28)16-7-4-8-17(11-16)21(22,23)24/h2-13H,1H3,(H,25,27)(H,26,28)/t13-/m1/s1. The first-order chi connectivity index (χ1) is 13.7. The van der Waals surface area contributed by atoms with Crippen LogP contribution in [-0.2, 0) is 11.0 Å². The van der Waals surface area contributed by atoms with Gasteiger partial charge in [0.25, 0.3) is 11.8 Å². The Hall–Kier alpha value is -3.55. The summed E-state index contributed by atoms with van der Waals surface area (Å²) < 4.78 is 43.8. The second-order valence-electron chi connectivity index (χ2n) is 6.29. The summed E-state index contributed by atoms with van der Waals surface area (Å²) in [4.78, 5) is 24.2. The van der Waals surface area contributed by atoms with Crippen molar-refractivity contribution in [2.24, 2.45) is 0 Å². The maximum absolute atomic E-state index is 12.7. The van der Waals surface area contributed by atoms with E-state index in [1.54, 1.807) is 12.1 Å². The number of hydrazine groups is 1. The van der Waals surface area contributed by atoms with Gasteiger partial charge in [-0.15, -0.1) is 0 Å². The Morgan fingerprint density at radius 2 is 1.62 bits per heavy atom. The van der Waals surface area contributed by atoms with Crippen LogP contribution in [-0.4, -0.2) is 17.9 Å². The number of nitrogens with one attached hydrogen (secondary N) is 2. The molecule has 0 heterocycles. The zero-order chi connectivity index (χ0) is 21.0. The average molecular weight is 402 g/mol. The molecule has 0 saturated carbocycles. The van der Waals surface area contributed by atoms with Gasteiger partial charge in [0.1, 0.15) is 5.75 Å². The highest BCUT2D eigenvalue weighted by atomic mass is 19.4. The highest BCUT2D eigenvalue weighted by molar-refractivity contribution is 5.96. The molecule has 0 unspecified atom stereocenters. The van der Waals surface area contributed by atoms with Crippen LogP contribution in [0.15, 0.2) is 66.7 Å². The van der Waals surface area contributed by atoms with Crippen molar-refractivity contribution in [3.63, 3.8) is 0 Å². The predicted octanol–water partition coefficient (Wildman–Crippen LogP) is 4.09. The van der Waals surface area contributed by atoms with Crippen LogP contribution in [0.4, 0.5) is 13.2 Å². The minimum absolute atomic E-state index is 0.233. The van der Waals surface area contributed by atoms with Gasteiger partial charge in [-0.3, -0.25) is 20.4 Å². The largest absolute Gasteiger partial charge is 0.481 e. The predicted molar refractivity (Wildman–Crippen MR) is 101 cm³/mol. The first-order valence-corrected chi connectivity index (χ1v) is 8.67. The van der Waals surface area contributed by atoms with Gasteiger partial charge in [-0.05, 0) is 48.0 Å². The normalized spacial score (nSPS) is 12.3. The lowest BCUT2D eigenvalue weighted by Gasteiger charge is -2.16. The molecule has 0 spiro atoms. The van der Waals surface area contributed by atoms with Crippen molar-refractivity contribution in [3.8, 4) is 5.75 Å². The van der Waals surface area contributed by atoms with Crippen LogP contribution in [0, 0.1) is 0 Å². The summed E-state index contributed by atoms with van der Waals surface area (Å²) in [5.74, 6) is -1.06. The lowest BCUT2D eigenvalue weighted by Crippen LogP contribution is -2.47. The number of carbonyl (C=O) groups is 2. The third-order valence-corrected chi connectivity index (χ3v) is 4.15. The zero-order valence-electron chi connectivity index (χ0n) is 15.3. The third-order valence-electron chi connectivity index (χ3n) is 4.15. The van der Waals surface area contributed by atoms with Crippen molar-refractivity contribution in [2.75, 3.05) is 0 Å². The number of alkyl halides is 3. The van der Waals surface area contributed by atoms with Crippen molar-refractivity contribution in [3.05, 3.63) is 77.9 Å². The number of hydrogen-bond acceptors (Lipinski definition) is 3. The summed E-state index contributed by atoms with van der Waals surface area (Å²) in [6.45, 7) is 1.49. The lowest BCUT2D eigenvalue weighted by molar-refractivity contribution is -0.137. The highest BCUT2D eigenvalue weighted by Gasteiger charge is 2.31. The maximum atomic E-state index is 12.7. The van der Waals surface area contributed by atoms with Crippen molar-refractivity contribution in [1.29, 1.82) is 0 Å². The molecule has 3 rings (SSSR count). The Morgan fingerprint density at radius 1 is 0.897 bits per heavy atom. The molecule has 0 aromatic heterocycles. The molecular weight excluding hydrogens is 385 g/mol. The molecule has 0 radical (unpaired) electrons. The molecule has 2 N–H and O–H groups in total. The number of rotatable bonds is 4. The summed E-state index contributed by atoms with van der Waals surface area (Å²) in [6, 6.07) is 16.9. The van der Waals surface area contributed by atoms with Crippen LogP contribution < -0.4 is 15.6 Å². The summed E-state index contributed by atoms with van der Waals surface area (Å²) >= 11 is 0. The van der Waals surface area contributed by atoms with Crippen LogP contribution >= 0.6 is 0 Å². The summed E-state index contributed by atoms with van der Waals surface area (Å²) in [6.07, 6.45) is -5.51. The molecule has 3 aromatic carbocycles. The molecule has 29 heavy (non-hydrogen) atoms. The Balaban J connectivity index is 1.58. The van der Waals surface area contributed by atoms with E-state index in [2.05, 4.69) is 10.9 Å². The molecule has 150 valence electrons. The minimum atomic E-state index is -4.57. The Labute approximate surface area is 164 Å². The SMILES string of the molecule is C[C@@H](Oc1ccc2ccccc2c1)C(=O)NNC(=O)c1cccc(C(F)(F)F)c1. The Bertz CT molecular complexity index is 1050.